The van der Waals surface area contributed by atoms with Crippen LogP contribution < -0.4 is 14.8 Å². The third-order valence-electron chi connectivity index (χ3n) is 4.15. The predicted molar refractivity (Wildman–Crippen MR) is 74.2 cm³/mol. The van der Waals surface area contributed by atoms with Gasteiger partial charge in [0.25, 0.3) is 5.91 Å². The minimum absolute atomic E-state index is 0.236. The quantitative estimate of drug-likeness (QED) is 0.781. The van der Waals surface area contributed by atoms with Gasteiger partial charge in [-0.3, -0.25) is 4.79 Å². The molecule has 4 rings (SSSR count). The molecule has 3 heterocycles. The molecule has 3 aliphatic rings. The molecule has 1 aromatic carbocycles. The number of hydrogen-bond acceptors (Lipinski definition) is 6. The molecule has 0 aliphatic carbocycles. The first kappa shape index (κ1) is 13.8. The number of ether oxygens (including phenoxy) is 4. The molecule has 4 atom stereocenters. The average Bonchev–Trinajstić information content (AvgIpc) is 3.11. The Labute approximate surface area is 127 Å². The third-order valence-corrected chi connectivity index (χ3v) is 4.15. The van der Waals surface area contributed by atoms with Crippen LogP contribution in [0.3, 0.4) is 0 Å². The van der Waals surface area contributed by atoms with E-state index >= 15 is 0 Å². The van der Waals surface area contributed by atoms with Crippen LogP contribution in [0.2, 0.25) is 0 Å². The van der Waals surface area contributed by atoms with E-state index in [-0.39, 0.29) is 30.8 Å². The van der Waals surface area contributed by atoms with Crippen LogP contribution in [0, 0.1) is 0 Å². The van der Waals surface area contributed by atoms with Gasteiger partial charge in [-0.25, -0.2) is 0 Å². The Balaban J connectivity index is 1.51. The number of fused-ring (bicyclic) bond motifs is 2. The monoisotopic (exact) mass is 307 g/mol. The Morgan fingerprint density at radius 2 is 1.95 bits per heavy atom. The standard InChI is InChI=1S/C15H17NO6/c17-10-7-22-13-9(6-21-14(10)13)16-15(18)8-2-1-3-11-12(8)20-5-4-19-11/h1-3,9-10,13-14,17H,4-7H2,(H,16,18)/t9-,10+,13+,14+/m0/s1. The molecule has 0 spiro atoms. The fourth-order valence-corrected chi connectivity index (χ4v) is 3.10. The minimum atomic E-state index is -0.631. The SMILES string of the molecule is O=C(N[C@H]1CO[C@H]2[C@@H]1OC[C@H]2O)c1cccc2c1OCCO2. The lowest BCUT2D eigenvalue weighted by Gasteiger charge is -2.22. The van der Waals surface area contributed by atoms with Crippen LogP contribution in [0.4, 0.5) is 0 Å². The van der Waals surface area contributed by atoms with Gasteiger partial charge in [-0.2, -0.15) is 0 Å². The van der Waals surface area contributed by atoms with E-state index in [4.69, 9.17) is 18.9 Å². The Kier molecular flexibility index (Phi) is 3.40. The fourth-order valence-electron chi connectivity index (χ4n) is 3.10. The van der Waals surface area contributed by atoms with E-state index in [0.29, 0.717) is 36.9 Å². The van der Waals surface area contributed by atoms with Gasteiger partial charge in [0.15, 0.2) is 11.5 Å². The molecule has 3 aliphatic heterocycles. The van der Waals surface area contributed by atoms with Crippen LogP contribution in [0.1, 0.15) is 10.4 Å². The summed E-state index contributed by atoms with van der Waals surface area (Å²) >= 11 is 0. The van der Waals surface area contributed by atoms with Gasteiger partial charge in [0.05, 0.1) is 24.8 Å². The summed E-state index contributed by atoms with van der Waals surface area (Å²) in [5.74, 6) is 0.780. The highest BCUT2D eigenvalue weighted by Gasteiger charge is 2.47. The van der Waals surface area contributed by atoms with Crippen molar-refractivity contribution in [2.45, 2.75) is 24.4 Å². The number of nitrogens with one attached hydrogen (secondary N) is 1. The van der Waals surface area contributed by atoms with E-state index in [1.165, 1.54) is 0 Å². The molecule has 0 saturated carbocycles. The maximum absolute atomic E-state index is 12.5. The van der Waals surface area contributed by atoms with Crippen LogP contribution in [0.5, 0.6) is 11.5 Å². The normalized spacial score (nSPS) is 32.6. The van der Waals surface area contributed by atoms with E-state index in [1.807, 2.05) is 0 Å². The van der Waals surface area contributed by atoms with Crippen LogP contribution in [0.15, 0.2) is 18.2 Å². The molecule has 0 unspecified atom stereocenters. The molecule has 1 aromatic rings. The van der Waals surface area contributed by atoms with Gasteiger partial charge in [-0.15, -0.1) is 0 Å². The topological polar surface area (TPSA) is 86.3 Å². The Bertz CT molecular complexity index is 591. The molecule has 22 heavy (non-hydrogen) atoms. The second-order valence-electron chi connectivity index (χ2n) is 5.57. The lowest BCUT2D eigenvalue weighted by Crippen LogP contribution is -2.44. The number of aliphatic hydroxyl groups excluding tert-OH is 1. The summed E-state index contributed by atoms with van der Waals surface area (Å²) in [7, 11) is 0. The Morgan fingerprint density at radius 3 is 2.86 bits per heavy atom. The zero-order valence-corrected chi connectivity index (χ0v) is 11.9. The molecule has 0 radical (unpaired) electrons. The first-order chi connectivity index (χ1) is 10.7. The van der Waals surface area contributed by atoms with Gasteiger partial charge in [0, 0.05) is 0 Å². The van der Waals surface area contributed by atoms with Crippen molar-refractivity contribution >= 4 is 5.91 Å². The van der Waals surface area contributed by atoms with Crippen molar-refractivity contribution in [1.29, 1.82) is 0 Å². The van der Waals surface area contributed by atoms with Crippen LogP contribution in [-0.2, 0) is 9.47 Å². The number of carbonyl (C=O) groups is 1. The molecular formula is C15H17NO6. The van der Waals surface area contributed by atoms with Crippen molar-refractivity contribution < 1.29 is 28.8 Å². The summed E-state index contributed by atoms with van der Waals surface area (Å²) in [6.45, 7) is 1.46. The van der Waals surface area contributed by atoms with Crippen molar-refractivity contribution in [2.75, 3.05) is 26.4 Å². The zero-order chi connectivity index (χ0) is 15.1. The number of aliphatic hydroxyl groups is 1. The van der Waals surface area contributed by atoms with Gasteiger partial charge >= 0.3 is 0 Å². The van der Waals surface area contributed by atoms with Gasteiger partial charge < -0.3 is 29.4 Å². The second kappa shape index (κ2) is 5.42. The summed E-state index contributed by atoms with van der Waals surface area (Å²) < 4.78 is 22.0. The number of amides is 1. The molecule has 0 aromatic heterocycles. The molecule has 0 bridgehead atoms. The molecular weight excluding hydrogens is 290 g/mol. The zero-order valence-electron chi connectivity index (χ0n) is 11.9. The molecule has 2 fully saturated rings. The van der Waals surface area contributed by atoms with Gasteiger partial charge in [-0.1, -0.05) is 6.07 Å². The van der Waals surface area contributed by atoms with Crippen molar-refractivity contribution in [3.8, 4) is 11.5 Å². The van der Waals surface area contributed by atoms with E-state index in [0.717, 1.165) is 0 Å². The minimum Gasteiger partial charge on any atom is -0.486 e. The summed E-state index contributed by atoms with van der Waals surface area (Å²) in [4.78, 5) is 12.5. The maximum Gasteiger partial charge on any atom is 0.255 e. The molecule has 7 nitrogen and oxygen atoms in total. The lowest BCUT2D eigenvalue weighted by molar-refractivity contribution is 0.0178. The number of para-hydroxylation sites is 1. The maximum atomic E-state index is 12.5. The van der Waals surface area contributed by atoms with Gasteiger partial charge in [-0.05, 0) is 12.1 Å². The summed E-state index contributed by atoms with van der Waals surface area (Å²) in [6.07, 6.45) is -1.31. The summed E-state index contributed by atoms with van der Waals surface area (Å²) in [5, 5.41) is 12.6. The number of hydrogen-bond donors (Lipinski definition) is 2. The first-order valence-corrected chi connectivity index (χ1v) is 7.35. The van der Waals surface area contributed by atoms with E-state index in [9.17, 15) is 9.90 Å². The molecule has 7 heteroatoms. The van der Waals surface area contributed by atoms with Gasteiger partial charge in [0.2, 0.25) is 0 Å². The third kappa shape index (κ3) is 2.22. The largest absolute Gasteiger partial charge is 0.486 e. The van der Waals surface area contributed by atoms with E-state index in [1.54, 1.807) is 18.2 Å². The highest BCUT2D eigenvalue weighted by Crippen LogP contribution is 2.34. The van der Waals surface area contributed by atoms with Gasteiger partial charge in [0.1, 0.15) is 31.5 Å². The number of rotatable bonds is 2. The molecule has 2 saturated heterocycles. The predicted octanol–water partition coefficient (Wildman–Crippen LogP) is -0.285. The highest BCUT2D eigenvalue weighted by atomic mass is 16.6. The Hall–Kier alpha value is -1.83. The highest BCUT2D eigenvalue weighted by molar-refractivity contribution is 5.98. The van der Waals surface area contributed by atoms with Crippen LogP contribution >= 0.6 is 0 Å². The number of benzene rings is 1. The Morgan fingerprint density at radius 1 is 1.14 bits per heavy atom. The first-order valence-electron chi connectivity index (χ1n) is 7.35. The molecule has 1 amide bonds. The fraction of sp³-hybridized carbons (Fsp3) is 0.533. The smallest absolute Gasteiger partial charge is 0.255 e. The van der Waals surface area contributed by atoms with Crippen LogP contribution in [-0.4, -0.2) is 61.8 Å². The lowest BCUT2D eigenvalue weighted by atomic mass is 10.1. The van der Waals surface area contributed by atoms with Crippen molar-refractivity contribution in [1.82, 2.24) is 5.32 Å². The number of carbonyl (C=O) groups excluding carboxylic acids is 1. The van der Waals surface area contributed by atoms with Crippen molar-refractivity contribution in [3.05, 3.63) is 23.8 Å². The van der Waals surface area contributed by atoms with Crippen LogP contribution in [0.25, 0.3) is 0 Å². The molecule has 2 N–H and O–H groups in total. The molecule has 118 valence electrons. The van der Waals surface area contributed by atoms with E-state index < -0.39 is 6.10 Å². The average molecular weight is 307 g/mol. The second-order valence-corrected chi connectivity index (χ2v) is 5.57. The summed E-state index contributed by atoms with van der Waals surface area (Å²) in [6, 6.07) is 4.94. The summed E-state index contributed by atoms with van der Waals surface area (Å²) in [5.41, 5.74) is 0.430. The van der Waals surface area contributed by atoms with E-state index in [2.05, 4.69) is 5.32 Å². The van der Waals surface area contributed by atoms with Crippen molar-refractivity contribution in [2.24, 2.45) is 0 Å². The van der Waals surface area contributed by atoms with Crippen molar-refractivity contribution in [3.63, 3.8) is 0 Å².